The third kappa shape index (κ3) is 2.99. The summed E-state index contributed by atoms with van der Waals surface area (Å²) < 4.78 is 92.1. The highest BCUT2D eigenvalue weighted by atomic mass is 32.2. The number of hydrogen-bond acceptors (Lipinski definition) is 3. The Hall–Kier alpha value is -1.71. The molecule has 2 rings (SSSR count). The molecule has 0 saturated heterocycles. The van der Waals surface area contributed by atoms with E-state index in [0.29, 0.717) is 6.07 Å². The maximum atomic E-state index is 12.9. The van der Waals surface area contributed by atoms with Gasteiger partial charge in [-0.25, -0.2) is 4.21 Å². The summed E-state index contributed by atoms with van der Waals surface area (Å²) in [6.45, 7) is 0. The van der Waals surface area contributed by atoms with E-state index in [9.17, 15) is 30.6 Å². The van der Waals surface area contributed by atoms with Crippen LogP contribution in [0, 0.1) is 0 Å². The van der Waals surface area contributed by atoms with E-state index in [-0.39, 0.29) is 6.07 Å². The van der Waals surface area contributed by atoms with E-state index in [2.05, 4.69) is 4.36 Å². The molecule has 1 aliphatic heterocycles. The number of benzene rings is 1. The van der Waals surface area contributed by atoms with E-state index >= 15 is 0 Å². The van der Waals surface area contributed by atoms with Gasteiger partial charge in [0.05, 0.1) is 32.2 Å². The number of hydrogen-bond donors (Lipinski definition) is 1. The number of nitrogens with zero attached hydrogens (tertiary/aromatic N) is 1. The minimum atomic E-state index is -5.08. The summed E-state index contributed by atoms with van der Waals surface area (Å²) in [5.74, 6) is 0. The van der Waals surface area contributed by atoms with Gasteiger partial charge in [0, 0.05) is 17.2 Å². The molecule has 0 aromatic heterocycles. The van der Waals surface area contributed by atoms with Crippen LogP contribution in [0.1, 0.15) is 16.7 Å². The maximum Gasteiger partial charge on any atom is 0.418 e. The molecule has 10 heteroatoms. The minimum Gasteiger partial charge on any atom is -0.398 e. The topological polar surface area (TPSA) is 55.5 Å². The average molecular weight is 330 g/mol. The molecule has 1 heterocycles. The van der Waals surface area contributed by atoms with Gasteiger partial charge in [0.1, 0.15) is 0 Å². The molecule has 0 fully saturated rings. The van der Waals surface area contributed by atoms with Gasteiger partial charge >= 0.3 is 12.4 Å². The average Bonchev–Trinajstić information content (AvgIpc) is 2.23. The van der Waals surface area contributed by atoms with E-state index in [1.54, 1.807) is 0 Å². The van der Waals surface area contributed by atoms with Gasteiger partial charge in [-0.2, -0.15) is 30.7 Å². The first-order valence-corrected chi connectivity index (χ1v) is 7.32. The second-order valence-corrected chi connectivity index (χ2v) is 6.58. The molecular weight excluding hydrogens is 322 g/mol. The summed E-state index contributed by atoms with van der Waals surface area (Å²) in [7, 11) is -3.17. The highest BCUT2D eigenvalue weighted by Crippen LogP contribution is 2.45. The zero-order valence-corrected chi connectivity index (χ0v) is 11.2. The van der Waals surface area contributed by atoms with Crippen molar-refractivity contribution in [2.45, 2.75) is 12.4 Å². The van der Waals surface area contributed by atoms with Gasteiger partial charge in [0.2, 0.25) is 0 Å². The standard InChI is InChI=1S/C11H8F6N2OS/c1-21(20)4-8(18)6-2-5(10(12,13)14)3-7(9(6)19-21)11(15,16)17/h2-4H,18H2,1H3. The van der Waals surface area contributed by atoms with Crippen LogP contribution in [0.5, 0.6) is 0 Å². The van der Waals surface area contributed by atoms with Crippen LogP contribution in [0.4, 0.5) is 32.0 Å². The smallest absolute Gasteiger partial charge is 0.398 e. The van der Waals surface area contributed by atoms with E-state index < -0.39 is 50.2 Å². The van der Waals surface area contributed by atoms with Gasteiger partial charge in [0.15, 0.2) is 0 Å². The molecule has 1 aromatic carbocycles. The van der Waals surface area contributed by atoms with E-state index in [4.69, 9.17) is 5.73 Å². The third-order valence-corrected chi connectivity index (χ3v) is 3.91. The Bertz CT molecular complexity index is 753. The Kier molecular flexibility index (Phi) is 3.28. The van der Waals surface area contributed by atoms with Crippen LogP contribution < -0.4 is 5.73 Å². The molecule has 0 amide bonds. The summed E-state index contributed by atoms with van der Waals surface area (Å²) in [5, 5.41) is 0.857. The van der Waals surface area contributed by atoms with Gasteiger partial charge in [0.25, 0.3) is 0 Å². The molecule has 3 nitrogen and oxygen atoms in total. The second kappa shape index (κ2) is 4.39. The molecule has 1 atom stereocenters. The largest absolute Gasteiger partial charge is 0.418 e. The lowest BCUT2D eigenvalue weighted by atomic mass is 10.0. The molecule has 21 heavy (non-hydrogen) atoms. The number of nitrogens with two attached hydrogens (primary N) is 1. The lowest BCUT2D eigenvalue weighted by molar-refractivity contribution is -0.142. The first-order valence-electron chi connectivity index (χ1n) is 5.33. The minimum absolute atomic E-state index is 0.0591. The van der Waals surface area contributed by atoms with Crippen LogP contribution in [0.3, 0.4) is 0 Å². The van der Waals surface area contributed by atoms with Crippen molar-refractivity contribution in [1.82, 2.24) is 0 Å². The van der Waals surface area contributed by atoms with E-state index in [1.165, 1.54) is 0 Å². The molecule has 116 valence electrons. The SMILES string of the molecule is CS1(=O)=Nc2c(cc(C(F)(F)F)cc2C(F)(F)F)C(N)=C1. The number of alkyl halides is 6. The van der Waals surface area contributed by atoms with Crippen LogP contribution in [-0.4, -0.2) is 10.5 Å². The van der Waals surface area contributed by atoms with Crippen molar-refractivity contribution in [2.24, 2.45) is 10.1 Å². The van der Waals surface area contributed by atoms with Crippen LogP contribution in [0.25, 0.3) is 5.70 Å². The van der Waals surface area contributed by atoms with Crippen molar-refractivity contribution in [3.05, 3.63) is 34.2 Å². The zero-order valence-electron chi connectivity index (χ0n) is 10.3. The van der Waals surface area contributed by atoms with Crippen molar-refractivity contribution in [3.63, 3.8) is 0 Å². The Labute approximate surface area is 115 Å². The van der Waals surface area contributed by atoms with Crippen molar-refractivity contribution in [2.75, 3.05) is 6.26 Å². The van der Waals surface area contributed by atoms with Crippen LogP contribution in [0.2, 0.25) is 0 Å². The molecule has 0 aliphatic carbocycles. The Morgan fingerprint density at radius 3 is 2.14 bits per heavy atom. The van der Waals surface area contributed by atoms with Gasteiger partial charge in [-0.1, -0.05) is 0 Å². The summed E-state index contributed by atoms with van der Waals surface area (Å²) in [6, 6.07) is 0.408. The van der Waals surface area contributed by atoms with Gasteiger partial charge in [-0.15, -0.1) is 0 Å². The third-order valence-electron chi connectivity index (χ3n) is 2.67. The molecule has 0 spiro atoms. The highest BCUT2D eigenvalue weighted by molar-refractivity contribution is 7.96. The van der Waals surface area contributed by atoms with E-state index in [1.807, 2.05) is 0 Å². The summed E-state index contributed by atoms with van der Waals surface area (Å²) in [5.41, 5.74) is 0.538. The maximum absolute atomic E-state index is 12.9. The van der Waals surface area contributed by atoms with Crippen LogP contribution in [-0.2, 0) is 22.1 Å². The fraction of sp³-hybridized carbons (Fsp3) is 0.273. The molecule has 1 aliphatic rings. The first kappa shape index (κ1) is 15.7. The molecule has 1 unspecified atom stereocenters. The quantitative estimate of drug-likeness (QED) is 0.737. The molecule has 0 bridgehead atoms. The van der Waals surface area contributed by atoms with Crippen molar-refractivity contribution >= 4 is 21.1 Å². The highest BCUT2D eigenvalue weighted by Gasteiger charge is 2.40. The zero-order chi connectivity index (χ0) is 16.2. The second-order valence-electron chi connectivity index (χ2n) is 4.44. The lowest BCUT2D eigenvalue weighted by Crippen LogP contribution is -2.15. The summed E-state index contributed by atoms with van der Waals surface area (Å²) >= 11 is 0. The summed E-state index contributed by atoms with van der Waals surface area (Å²) in [4.78, 5) is 0. The number of fused-ring (bicyclic) bond motifs is 1. The monoisotopic (exact) mass is 330 g/mol. The fourth-order valence-electron chi connectivity index (χ4n) is 1.84. The molecule has 1 aromatic rings. The van der Waals surface area contributed by atoms with Crippen molar-refractivity contribution in [3.8, 4) is 0 Å². The summed E-state index contributed by atoms with van der Waals surface area (Å²) in [6.07, 6.45) is -9.01. The van der Waals surface area contributed by atoms with Crippen LogP contribution >= 0.6 is 0 Å². The van der Waals surface area contributed by atoms with Gasteiger partial charge in [-0.3, -0.25) is 0 Å². The van der Waals surface area contributed by atoms with Crippen LogP contribution in [0.15, 0.2) is 21.9 Å². The number of rotatable bonds is 0. The molecule has 2 N–H and O–H groups in total. The number of halogens is 6. The van der Waals surface area contributed by atoms with E-state index in [0.717, 1.165) is 11.7 Å². The van der Waals surface area contributed by atoms with Gasteiger partial charge < -0.3 is 5.73 Å². The van der Waals surface area contributed by atoms with Crippen molar-refractivity contribution in [1.29, 1.82) is 0 Å². The fourth-order valence-corrected chi connectivity index (χ4v) is 3.05. The van der Waals surface area contributed by atoms with Crippen molar-refractivity contribution < 1.29 is 30.6 Å². The molecular formula is C11H8F6N2OS. The Balaban J connectivity index is 2.90. The molecule has 0 radical (unpaired) electrons. The first-order chi connectivity index (χ1) is 9.31. The van der Waals surface area contributed by atoms with Gasteiger partial charge in [-0.05, 0) is 12.1 Å². The predicted octanol–water partition coefficient (Wildman–Crippen LogP) is 3.72. The molecule has 0 saturated carbocycles. The predicted molar refractivity (Wildman–Crippen MR) is 64.8 cm³/mol. The Morgan fingerprint density at radius 1 is 1.10 bits per heavy atom. The normalized spacial score (nSPS) is 22.3. The Morgan fingerprint density at radius 2 is 1.67 bits per heavy atom. The lowest BCUT2D eigenvalue weighted by Gasteiger charge is -2.20.